The lowest BCUT2D eigenvalue weighted by atomic mass is 9.79. The van der Waals surface area contributed by atoms with E-state index >= 15 is 0 Å². The minimum Gasteiger partial charge on any atom is -0.379 e. The molecule has 0 radical (unpaired) electrons. The minimum atomic E-state index is -1.44. The van der Waals surface area contributed by atoms with Gasteiger partial charge in [0.1, 0.15) is 0 Å². The van der Waals surface area contributed by atoms with Crippen molar-refractivity contribution in [1.29, 1.82) is 0 Å². The number of hydrogen-bond donors (Lipinski definition) is 1. The molecule has 0 aliphatic carbocycles. The Morgan fingerprint density at radius 1 is 1.13 bits per heavy atom. The summed E-state index contributed by atoms with van der Waals surface area (Å²) in [5.41, 5.74) is 5.50. The Bertz CT molecular complexity index is 704. The molecule has 3 aliphatic rings. The number of hydrazine groups is 1. The molecule has 0 aromatic heterocycles. The molecular weight excluding hydrogens is 307 g/mol. The van der Waals surface area contributed by atoms with E-state index in [4.69, 9.17) is 4.74 Å². The Hall–Kier alpha value is -2.15. The summed E-state index contributed by atoms with van der Waals surface area (Å²) in [5.74, 6) is -3.80. The van der Waals surface area contributed by atoms with Crippen LogP contribution in [-0.2, 0) is 4.74 Å². The zero-order chi connectivity index (χ0) is 16.2. The SMILES string of the molecule is CC1(C2=CNN3CCN(c4cc(F)c(F)c(F)c4)C=C23)COC1. The molecular formula is C16H16F3N3O. The van der Waals surface area contributed by atoms with Gasteiger partial charge in [-0.2, -0.15) is 0 Å². The summed E-state index contributed by atoms with van der Waals surface area (Å²) in [6, 6.07) is 2.04. The molecule has 0 saturated carbocycles. The lowest BCUT2D eigenvalue weighted by molar-refractivity contribution is -0.0770. The number of rotatable bonds is 2. The lowest BCUT2D eigenvalue weighted by Gasteiger charge is -2.41. The third-order valence-corrected chi connectivity index (χ3v) is 4.57. The maximum atomic E-state index is 13.5. The summed E-state index contributed by atoms with van der Waals surface area (Å²) in [6.45, 7) is 4.58. The van der Waals surface area contributed by atoms with Gasteiger partial charge in [-0.05, 0) is 0 Å². The predicted octanol–water partition coefficient (Wildman–Crippen LogP) is 2.51. The van der Waals surface area contributed by atoms with Crippen molar-refractivity contribution < 1.29 is 17.9 Å². The van der Waals surface area contributed by atoms with Crippen LogP contribution >= 0.6 is 0 Å². The van der Waals surface area contributed by atoms with E-state index in [1.54, 1.807) is 4.90 Å². The van der Waals surface area contributed by atoms with Crippen LogP contribution < -0.4 is 10.3 Å². The average Bonchev–Trinajstić information content (AvgIpc) is 2.93. The highest BCUT2D eigenvalue weighted by molar-refractivity contribution is 5.54. The molecule has 122 valence electrons. The summed E-state index contributed by atoms with van der Waals surface area (Å²) in [4.78, 5) is 1.74. The Labute approximate surface area is 131 Å². The van der Waals surface area contributed by atoms with Crippen LogP contribution in [0.4, 0.5) is 18.9 Å². The van der Waals surface area contributed by atoms with Gasteiger partial charge in [0.05, 0.1) is 25.5 Å². The minimum absolute atomic E-state index is 0.0596. The normalized spacial score (nSPS) is 22.1. The van der Waals surface area contributed by atoms with Gasteiger partial charge in [-0.25, -0.2) is 13.2 Å². The van der Waals surface area contributed by atoms with E-state index < -0.39 is 17.5 Å². The molecule has 4 rings (SSSR count). The van der Waals surface area contributed by atoms with Crippen molar-refractivity contribution in [1.82, 2.24) is 10.4 Å². The van der Waals surface area contributed by atoms with Gasteiger partial charge in [-0.1, -0.05) is 6.92 Å². The fourth-order valence-corrected chi connectivity index (χ4v) is 3.13. The summed E-state index contributed by atoms with van der Waals surface area (Å²) in [6.07, 6.45) is 3.79. The van der Waals surface area contributed by atoms with Gasteiger partial charge in [0.25, 0.3) is 0 Å². The molecule has 3 heterocycles. The molecule has 0 bridgehead atoms. The summed E-state index contributed by atoms with van der Waals surface area (Å²) >= 11 is 0. The first kappa shape index (κ1) is 14.4. The summed E-state index contributed by atoms with van der Waals surface area (Å²) in [5, 5.41) is 1.99. The number of benzene rings is 1. The monoisotopic (exact) mass is 323 g/mol. The fraction of sp³-hybridized carbons (Fsp3) is 0.375. The zero-order valence-electron chi connectivity index (χ0n) is 12.6. The van der Waals surface area contributed by atoms with E-state index in [0.29, 0.717) is 32.0 Å². The van der Waals surface area contributed by atoms with Crippen molar-refractivity contribution in [2.75, 3.05) is 31.2 Å². The molecule has 4 nitrogen and oxygen atoms in total. The largest absolute Gasteiger partial charge is 0.379 e. The van der Waals surface area contributed by atoms with Crippen LogP contribution in [-0.4, -0.2) is 31.3 Å². The van der Waals surface area contributed by atoms with Gasteiger partial charge in [-0.15, -0.1) is 0 Å². The van der Waals surface area contributed by atoms with Gasteiger partial charge in [0.2, 0.25) is 0 Å². The third-order valence-electron chi connectivity index (χ3n) is 4.57. The van der Waals surface area contributed by atoms with Crippen molar-refractivity contribution in [3.05, 3.63) is 53.3 Å². The smallest absolute Gasteiger partial charge is 0.194 e. The Kier molecular flexibility index (Phi) is 3.09. The first-order valence-electron chi connectivity index (χ1n) is 7.43. The molecule has 7 heteroatoms. The van der Waals surface area contributed by atoms with Crippen molar-refractivity contribution in [2.24, 2.45) is 5.41 Å². The van der Waals surface area contributed by atoms with Crippen LogP contribution in [0.5, 0.6) is 0 Å². The van der Waals surface area contributed by atoms with Gasteiger partial charge >= 0.3 is 0 Å². The quantitative estimate of drug-likeness (QED) is 0.847. The van der Waals surface area contributed by atoms with Crippen LogP contribution in [0, 0.1) is 22.9 Å². The first-order chi connectivity index (χ1) is 11.0. The molecule has 1 fully saturated rings. The van der Waals surface area contributed by atoms with Gasteiger partial charge in [0, 0.05) is 47.8 Å². The molecule has 0 unspecified atom stereocenters. The number of fused-ring (bicyclic) bond motifs is 1. The molecule has 1 aromatic rings. The van der Waals surface area contributed by atoms with Gasteiger partial charge in [-0.3, -0.25) is 5.01 Å². The van der Waals surface area contributed by atoms with E-state index in [1.807, 2.05) is 17.4 Å². The maximum Gasteiger partial charge on any atom is 0.194 e. The van der Waals surface area contributed by atoms with E-state index in [9.17, 15) is 13.2 Å². The van der Waals surface area contributed by atoms with Crippen molar-refractivity contribution in [3.63, 3.8) is 0 Å². The number of allylic oxidation sites excluding steroid dienone is 1. The number of nitrogens with one attached hydrogen (secondary N) is 1. The Balaban J connectivity index is 1.68. The molecule has 3 aliphatic heterocycles. The van der Waals surface area contributed by atoms with Crippen LogP contribution in [0.2, 0.25) is 0 Å². The Morgan fingerprint density at radius 2 is 1.83 bits per heavy atom. The zero-order valence-corrected chi connectivity index (χ0v) is 12.6. The Morgan fingerprint density at radius 3 is 2.43 bits per heavy atom. The van der Waals surface area contributed by atoms with Crippen LogP contribution in [0.3, 0.4) is 0 Å². The number of anilines is 1. The highest BCUT2D eigenvalue weighted by Gasteiger charge is 2.43. The summed E-state index contributed by atoms with van der Waals surface area (Å²) < 4.78 is 45.4. The van der Waals surface area contributed by atoms with Gasteiger partial charge in [0.15, 0.2) is 17.5 Å². The van der Waals surface area contributed by atoms with Crippen LogP contribution in [0.15, 0.2) is 35.8 Å². The second-order valence-corrected chi connectivity index (χ2v) is 6.32. The highest BCUT2D eigenvalue weighted by atomic mass is 19.2. The van der Waals surface area contributed by atoms with E-state index in [0.717, 1.165) is 23.4 Å². The molecule has 0 atom stereocenters. The molecule has 1 saturated heterocycles. The highest BCUT2D eigenvalue weighted by Crippen LogP contribution is 2.42. The summed E-state index contributed by atoms with van der Waals surface area (Å²) in [7, 11) is 0. The first-order valence-corrected chi connectivity index (χ1v) is 7.43. The molecule has 0 amide bonds. The van der Waals surface area contributed by atoms with Gasteiger partial charge < -0.3 is 15.1 Å². The maximum absolute atomic E-state index is 13.5. The average molecular weight is 323 g/mol. The fourth-order valence-electron chi connectivity index (χ4n) is 3.13. The van der Waals surface area contributed by atoms with Crippen LogP contribution in [0.1, 0.15) is 6.92 Å². The number of hydrogen-bond acceptors (Lipinski definition) is 4. The predicted molar refractivity (Wildman–Crippen MR) is 78.6 cm³/mol. The van der Waals surface area contributed by atoms with Crippen molar-refractivity contribution in [2.45, 2.75) is 6.92 Å². The molecule has 1 aromatic carbocycles. The second kappa shape index (κ2) is 4.92. The molecule has 1 N–H and O–H groups in total. The van der Waals surface area contributed by atoms with E-state index in [-0.39, 0.29) is 5.41 Å². The third kappa shape index (κ3) is 2.18. The van der Waals surface area contributed by atoms with E-state index in [2.05, 4.69) is 12.3 Å². The number of halogens is 3. The number of nitrogens with zero attached hydrogens (tertiary/aromatic N) is 2. The standard InChI is InChI=1S/C16H16F3N3O/c1-16(8-23-9-16)11-6-20-22-3-2-21(7-14(11)22)10-4-12(17)15(19)13(18)5-10/h4-7,20H,2-3,8-9H2,1H3. The van der Waals surface area contributed by atoms with Crippen LogP contribution in [0.25, 0.3) is 0 Å². The lowest BCUT2D eigenvalue weighted by Crippen LogP contribution is -2.45. The topological polar surface area (TPSA) is 27.7 Å². The van der Waals surface area contributed by atoms with E-state index in [1.165, 1.54) is 0 Å². The second-order valence-electron chi connectivity index (χ2n) is 6.32. The number of ether oxygens (including phenoxy) is 1. The molecule has 0 spiro atoms. The van der Waals surface area contributed by atoms with Crippen molar-refractivity contribution >= 4 is 5.69 Å². The van der Waals surface area contributed by atoms with Crippen molar-refractivity contribution in [3.8, 4) is 0 Å². The molecule has 23 heavy (non-hydrogen) atoms.